The fourth-order valence-corrected chi connectivity index (χ4v) is 3.15. The number of aryl methyl sites for hydroxylation is 1. The summed E-state index contributed by atoms with van der Waals surface area (Å²) in [6, 6.07) is 0. The third kappa shape index (κ3) is 2.84. The summed E-state index contributed by atoms with van der Waals surface area (Å²) in [5.41, 5.74) is 7.41. The molecule has 90 valence electrons. The molecule has 4 heteroatoms. The number of allylic oxidation sites excluding steroid dienone is 1. The van der Waals surface area contributed by atoms with Crippen molar-refractivity contribution in [2.24, 2.45) is 5.73 Å². The Hall–Kier alpha value is -0.380. The van der Waals surface area contributed by atoms with Crippen LogP contribution >= 0.6 is 23.7 Å². The highest BCUT2D eigenvalue weighted by Crippen LogP contribution is 2.37. The highest BCUT2D eigenvalue weighted by Gasteiger charge is 2.33. The first kappa shape index (κ1) is 13.7. The zero-order chi connectivity index (χ0) is 10.7. The predicted octanol–water partition coefficient (Wildman–Crippen LogP) is 3.41. The smallest absolute Gasteiger partial charge is 0.113 e. The van der Waals surface area contributed by atoms with Crippen molar-refractivity contribution in [3.63, 3.8) is 0 Å². The van der Waals surface area contributed by atoms with Crippen LogP contribution in [0.25, 0.3) is 0 Å². The molecular formula is C12H19ClN2S. The lowest BCUT2D eigenvalue weighted by molar-refractivity contribution is 0.458. The monoisotopic (exact) mass is 258 g/mol. The molecule has 1 fully saturated rings. The van der Waals surface area contributed by atoms with Crippen LogP contribution in [0, 0.1) is 0 Å². The fourth-order valence-electron chi connectivity index (χ4n) is 2.12. The Labute approximate surface area is 107 Å². The topological polar surface area (TPSA) is 38.9 Å². The van der Waals surface area contributed by atoms with E-state index in [1.807, 2.05) is 6.08 Å². The maximum absolute atomic E-state index is 6.35. The first-order valence-electron chi connectivity index (χ1n) is 5.59. The van der Waals surface area contributed by atoms with Crippen molar-refractivity contribution < 1.29 is 0 Å². The van der Waals surface area contributed by atoms with Gasteiger partial charge in [-0.3, -0.25) is 0 Å². The van der Waals surface area contributed by atoms with Gasteiger partial charge >= 0.3 is 0 Å². The summed E-state index contributed by atoms with van der Waals surface area (Å²) >= 11 is 1.73. The zero-order valence-corrected chi connectivity index (χ0v) is 11.1. The maximum atomic E-state index is 6.35. The van der Waals surface area contributed by atoms with Crippen LogP contribution in [-0.2, 0) is 12.0 Å². The Bertz CT molecular complexity index is 343. The number of halogens is 1. The van der Waals surface area contributed by atoms with Gasteiger partial charge in [0.2, 0.25) is 0 Å². The first-order chi connectivity index (χ1) is 7.24. The standard InChI is InChI=1S/C12H18N2S.ClH/c1-2-3-6-10-9-15-11(14-10)12(13)7-4-5-8-12;/h2,9H,1,3-8,13H2;1H. The molecule has 1 aromatic rings. The van der Waals surface area contributed by atoms with Crippen LogP contribution in [0.15, 0.2) is 18.0 Å². The molecule has 0 aliphatic heterocycles. The van der Waals surface area contributed by atoms with E-state index < -0.39 is 0 Å². The quantitative estimate of drug-likeness (QED) is 0.841. The number of rotatable bonds is 4. The van der Waals surface area contributed by atoms with E-state index in [9.17, 15) is 0 Å². The van der Waals surface area contributed by atoms with Crippen LogP contribution in [0.5, 0.6) is 0 Å². The minimum atomic E-state index is -0.114. The van der Waals surface area contributed by atoms with Gasteiger partial charge in [-0.25, -0.2) is 4.98 Å². The molecule has 0 atom stereocenters. The van der Waals surface area contributed by atoms with Crippen molar-refractivity contribution in [2.75, 3.05) is 0 Å². The molecule has 0 saturated heterocycles. The summed E-state index contributed by atoms with van der Waals surface area (Å²) in [5, 5.41) is 3.28. The van der Waals surface area contributed by atoms with Crippen molar-refractivity contribution in [3.8, 4) is 0 Å². The molecule has 2 rings (SSSR count). The SMILES string of the molecule is C=CCCc1csc(C2(N)CCCC2)n1.Cl. The van der Waals surface area contributed by atoms with E-state index >= 15 is 0 Å². The second kappa shape index (κ2) is 5.80. The predicted molar refractivity (Wildman–Crippen MR) is 72.2 cm³/mol. The number of aromatic nitrogens is 1. The van der Waals surface area contributed by atoms with Crippen LogP contribution in [0.4, 0.5) is 0 Å². The van der Waals surface area contributed by atoms with Gasteiger partial charge in [-0.15, -0.1) is 30.3 Å². The lowest BCUT2D eigenvalue weighted by Crippen LogP contribution is -2.32. The van der Waals surface area contributed by atoms with Crippen molar-refractivity contribution in [1.82, 2.24) is 4.98 Å². The van der Waals surface area contributed by atoms with E-state index in [4.69, 9.17) is 5.73 Å². The van der Waals surface area contributed by atoms with E-state index in [0.29, 0.717) is 0 Å². The summed E-state index contributed by atoms with van der Waals surface area (Å²) < 4.78 is 0. The number of nitrogens with zero attached hydrogens (tertiary/aromatic N) is 1. The Kier molecular flexibility index (Phi) is 4.96. The van der Waals surface area contributed by atoms with Crippen LogP contribution in [0.1, 0.15) is 42.8 Å². The number of hydrogen-bond donors (Lipinski definition) is 1. The molecule has 0 radical (unpaired) electrons. The molecule has 0 spiro atoms. The second-order valence-corrected chi connectivity index (χ2v) is 5.19. The molecule has 1 aliphatic carbocycles. The normalized spacial score (nSPS) is 18.1. The minimum absolute atomic E-state index is 0. The number of hydrogen-bond acceptors (Lipinski definition) is 3. The zero-order valence-electron chi connectivity index (χ0n) is 9.45. The second-order valence-electron chi connectivity index (χ2n) is 4.33. The molecule has 1 aromatic heterocycles. The van der Waals surface area contributed by atoms with Crippen molar-refractivity contribution in [3.05, 3.63) is 28.7 Å². The van der Waals surface area contributed by atoms with Gasteiger partial charge in [-0.2, -0.15) is 0 Å². The average Bonchev–Trinajstić information content (AvgIpc) is 2.84. The van der Waals surface area contributed by atoms with Crippen molar-refractivity contribution in [1.29, 1.82) is 0 Å². The Morgan fingerprint density at radius 3 is 2.81 bits per heavy atom. The molecule has 1 saturated carbocycles. The van der Waals surface area contributed by atoms with Crippen LogP contribution in [-0.4, -0.2) is 4.98 Å². The van der Waals surface area contributed by atoms with Crippen LogP contribution < -0.4 is 5.73 Å². The summed E-state index contributed by atoms with van der Waals surface area (Å²) in [6.45, 7) is 3.72. The van der Waals surface area contributed by atoms with Gasteiger partial charge in [-0.05, 0) is 25.7 Å². The van der Waals surface area contributed by atoms with Crippen LogP contribution in [0.2, 0.25) is 0 Å². The lowest BCUT2D eigenvalue weighted by atomic mass is 10.0. The fraction of sp³-hybridized carbons (Fsp3) is 0.583. The molecule has 1 heterocycles. The third-order valence-electron chi connectivity index (χ3n) is 3.08. The first-order valence-corrected chi connectivity index (χ1v) is 6.47. The molecule has 16 heavy (non-hydrogen) atoms. The largest absolute Gasteiger partial charge is 0.319 e. The molecule has 0 aromatic carbocycles. The highest BCUT2D eigenvalue weighted by molar-refractivity contribution is 7.09. The van der Waals surface area contributed by atoms with Gasteiger partial charge in [0.15, 0.2) is 0 Å². The molecule has 2 N–H and O–H groups in total. The van der Waals surface area contributed by atoms with Crippen molar-refractivity contribution >= 4 is 23.7 Å². The third-order valence-corrected chi connectivity index (χ3v) is 4.19. The van der Waals surface area contributed by atoms with Gasteiger partial charge in [0.25, 0.3) is 0 Å². The molecule has 0 amide bonds. The summed E-state index contributed by atoms with van der Waals surface area (Å²) in [6.07, 6.45) is 8.63. The van der Waals surface area contributed by atoms with E-state index in [2.05, 4.69) is 16.9 Å². The molecule has 1 aliphatic rings. The minimum Gasteiger partial charge on any atom is -0.319 e. The highest BCUT2D eigenvalue weighted by atomic mass is 35.5. The number of nitrogens with two attached hydrogens (primary N) is 1. The molecule has 2 nitrogen and oxygen atoms in total. The van der Waals surface area contributed by atoms with E-state index in [1.165, 1.54) is 18.5 Å². The van der Waals surface area contributed by atoms with Gasteiger partial charge in [-0.1, -0.05) is 18.9 Å². The summed E-state index contributed by atoms with van der Waals surface area (Å²) in [4.78, 5) is 4.65. The van der Waals surface area contributed by atoms with Crippen LogP contribution in [0.3, 0.4) is 0 Å². The lowest BCUT2D eigenvalue weighted by Gasteiger charge is -2.19. The maximum Gasteiger partial charge on any atom is 0.113 e. The number of thiazole rings is 1. The molecular weight excluding hydrogens is 240 g/mol. The van der Waals surface area contributed by atoms with E-state index in [-0.39, 0.29) is 17.9 Å². The molecule has 0 unspecified atom stereocenters. The van der Waals surface area contributed by atoms with Crippen molar-refractivity contribution in [2.45, 2.75) is 44.1 Å². The summed E-state index contributed by atoms with van der Waals surface area (Å²) in [7, 11) is 0. The van der Waals surface area contributed by atoms with Gasteiger partial charge in [0.1, 0.15) is 5.01 Å². The average molecular weight is 259 g/mol. The van der Waals surface area contributed by atoms with E-state index in [1.54, 1.807) is 11.3 Å². The van der Waals surface area contributed by atoms with Gasteiger partial charge < -0.3 is 5.73 Å². The van der Waals surface area contributed by atoms with Gasteiger partial charge in [0.05, 0.1) is 11.2 Å². The Balaban J connectivity index is 0.00000128. The Morgan fingerprint density at radius 2 is 2.19 bits per heavy atom. The van der Waals surface area contributed by atoms with Gasteiger partial charge in [0, 0.05) is 5.38 Å². The Morgan fingerprint density at radius 1 is 1.50 bits per heavy atom. The summed E-state index contributed by atoms with van der Waals surface area (Å²) in [5.74, 6) is 0. The molecule has 0 bridgehead atoms. The van der Waals surface area contributed by atoms with E-state index in [0.717, 1.165) is 30.7 Å².